The summed E-state index contributed by atoms with van der Waals surface area (Å²) in [6.45, 7) is 2.05. The summed E-state index contributed by atoms with van der Waals surface area (Å²) in [4.78, 5) is 28.3. The molecule has 2 aromatic carbocycles. The number of halogens is 1. The smallest absolute Gasteiger partial charge is 0.338 e. The Kier molecular flexibility index (Phi) is 6.24. The number of aromatic nitrogens is 1. The maximum Gasteiger partial charge on any atom is 0.338 e. The summed E-state index contributed by atoms with van der Waals surface area (Å²) in [5.74, 6) is -0.763. The lowest BCUT2D eigenvalue weighted by atomic mass is 10.2. The van der Waals surface area contributed by atoms with Gasteiger partial charge in [-0.15, -0.1) is 0 Å². The minimum absolute atomic E-state index is 0.251. The SMILES string of the molecule is CCOC(=O)c1ccc(NC(=O)c2cc(Nc3cccc(Cl)c3)ccn2)cc1. The van der Waals surface area contributed by atoms with Gasteiger partial charge in [-0.2, -0.15) is 0 Å². The number of carbonyl (C=O) groups excluding carboxylic acids is 2. The van der Waals surface area contributed by atoms with E-state index in [1.165, 1.54) is 0 Å². The Morgan fingerprint density at radius 2 is 1.75 bits per heavy atom. The number of rotatable bonds is 6. The number of nitrogens with one attached hydrogen (secondary N) is 2. The highest BCUT2D eigenvalue weighted by Crippen LogP contribution is 2.20. The van der Waals surface area contributed by atoms with E-state index in [1.54, 1.807) is 61.7 Å². The Balaban J connectivity index is 1.68. The van der Waals surface area contributed by atoms with Crippen LogP contribution in [0.3, 0.4) is 0 Å². The van der Waals surface area contributed by atoms with Crippen molar-refractivity contribution in [2.75, 3.05) is 17.2 Å². The number of amides is 1. The quantitative estimate of drug-likeness (QED) is 0.580. The minimum atomic E-state index is -0.401. The van der Waals surface area contributed by atoms with Gasteiger partial charge in [0, 0.05) is 28.3 Å². The fourth-order valence-electron chi connectivity index (χ4n) is 2.46. The van der Waals surface area contributed by atoms with Crippen molar-refractivity contribution in [3.05, 3.63) is 83.1 Å². The molecule has 7 heteroatoms. The molecule has 142 valence electrons. The summed E-state index contributed by atoms with van der Waals surface area (Å²) in [5, 5.41) is 6.55. The molecule has 1 amide bonds. The first kappa shape index (κ1) is 19.4. The Morgan fingerprint density at radius 3 is 2.46 bits per heavy atom. The van der Waals surface area contributed by atoms with Crippen LogP contribution in [0.15, 0.2) is 66.9 Å². The third-order valence-corrected chi connectivity index (χ3v) is 3.99. The molecule has 1 aromatic heterocycles. The van der Waals surface area contributed by atoms with Gasteiger partial charge in [0.25, 0.3) is 5.91 Å². The molecule has 2 N–H and O–H groups in total. The van der Waals surface area contributed by atoms with E-state index in [1.807, 2.05) is 12.1 Å². The lowest BCUT2D eigenvalue weighted by molar-refractivity contribution is 0.0526. The summed E-state index contributed by atoms with van der Waals surface area (Å²) >= 11 is 5.99. The third kappa shape index (κ3) is 5.08. The van der Waals surface area contributed by atoms with E-state index < -0.39 is 5.97 Å². The highest BCUT2D eigenvalue weighted by atomic mass is 35.5. The molecule has 0 saturated carbocycles. The molecule has 0 aliphatic carbocycles. The normalized spacial score (nSPS) is 10.2. The Morgan fingerprint density at radius 1 is 1.00 bits per heavy atom. The van der Waals surface area contributed by atoms with Crippen molar-refractivity contribution in [3.63, 3.8) is 0 Å². The minimum Gasteiger partial charge on any atom is -0.462 e. The molecule has 0 radical (unpaired) electrons. The van der Waals surface area contributed by atoms with E-state index in [9.17, 15) is 9.59 Å². The van der Waals surface area contributed by atoms with Crippen LogP contribution in [0.1, 0.15) is 27.8 Å². The van der Waals surface area contributed by atoms with Gasteiger partial charge in [-0.25, -0.2) is 4.79 Å². The number of esters is 1. The van der Waals surface area contributed by atoms with E-state index in [2.05, 4.69) is 15.6 Å². The average Bonchev–Trinajstić information content (AvgIpc) is 2.69. The zero-order valence-corrected chi connectivity index (χ0v) is 15.9. The lowest BCUT2D eigenvalue weighted by Gasteiger charge is -2.09. The maximum atomic E-state index is 12.5. The van der Waals surface area contributed by atoms with Crippen LogP contribution >= 0.6 is 11.6 Å². The number of hydrogen-bond donors (Lipinski definition) is 2. The largest absolute Gasteiger partial charge is 0.462 e. The van der Waals surface area contributed by atoms with Crippen molar-refractivity contribution in [3.8, 4) is 0 Å². The van der Waals surface area contributed by atoms with Gasteiger partial charge in [0.05, 0.1) is 12.2 Å². The van der Waals surface area contributed by atoms with E-state index >= 15 is 0 Å². The molecule has 1 heterocycles. The average molecular weight is 396 g/mol. The van der Waals surface area contributed by atoms with Crippen molar-refractivity contribution in [1.29, 1.82) is 0 Å². The summed E-state index contributed by atoms with van der Waals surface area (Å²) in [7, 11) is 0. The molecule has 0 aliphatic heterocycles. The predicted molar refractivity (Wildman–Crippen MR) is 109 cm³/mol. The first-order valence-corrected chi connectivity index (χ1v) is 9.00. The summed E-state index contributed by atoms with van der Waals surface area (Å²) in [6, 6.07) is 17.1. The van der Waals surface area contributed by atoms with Gasteiger partial charge in [0.1, 0.15) is 5.69 Å². The number of nitrogens with zero attached hydrogens (tertiary/aromatic N) is 1. The van der Waals surface area contributed by atoms with Crippen LogP contribution in [-0.2, 0) is 4.74 Å². The molecule has 28 heavy (non-hydrogen) atoms. The van der Waals surface area contributed by atoms with Gasteiger partial charge in [-0.1, -0.05) is 17.7 Å². The van der Waals surface area contributed by atoms with Gasteiger partial charge >= 0.3 is 5.97 Å². The fraction of sp³-hybridized carbons (Fsp3) is 0.0952. The lowest BCUT2D eigenvalue weighted by Crippen LogP contribution is -2.14. The number of carbonyl (C=O) groups is 2. The number of pyridine rings is 1. The topological polar surface area (TPSA) is 80.3 Å². The Hall–Kier alpha value is -3.38. The van der Waals surface area contributed by atoms with Crippen molar-refractivity contribution < 1.29 is 14.3 Å². The number of ether oxygens (including phenoxy) is 1. The molecule has 0 fully saturated rings. The molecule has 0 bridgehead atoms. The molecule has 0 unspecified atom stereocenters. The first-order valence-electron chi connectivity index (χ1n) is 8.62. The molecule has 0 saturated heterocycles. The van der Waals surface area contributed by atoms with Crippen LogP contribution in [0.5, 0.6) is 0 Å². The standard InChI is InChI=1S/C21H18ClN3O3/c1-2-28-21(27)14-6-8-16(9-7-14)25-20(26)19-13-18(10-11-23-19)24-17-5-3-4-15(22)12-17/h3-13H,2H2,1H3,(H,23,24)(H,25,26). The maximum absolute atomic E-state index is 12.5. The van der Waals surface area contributed by atoms with E-state index in [-0.39, 0.29) is 11.6 Å². The number of anilines is 3. The highest BCUT2D eigenvalue weighted by molar-refractivity contribution is 6.30. The second-order valence-electron chi connectivity index (χ2n) is 5.82. The first-order chi connectivity index (χ1) is 13.5. The second-order valence-corrected chi connectivity index (χ2v) is 6.25. The van der Waals surface area contributed by atoms with Crippen molar-refractivity contribution >= 4 is 40.5 Å². The van der Waals surface area contributed by atoms with E-state index in [0.29, 0.717) is 28.6 Å². The predicted octanol–water partition coefficient (Wildman–Crippen LogP) is 4.91. The van der Waals surface area contributed by atoms with E-state index in [0.717, 1.165) is 5.69 Å². The third-order valence-electron chi connectivity index (χ3n) is 3.76. The molecule has 3 rings (SSSR count). The van der Waals surface area contributed by atoms with Crippen LogP contribution in [0.25, 0.3) is 0 Å². The van der Waals surface area contributed by atoms with Crippen molar-refractivity contribution in [2.45, 2.75) is 6.92 Å². The summed E-state index contributed by atoms with van der Waals surface area (Å²) in [5.41, 5.74) is 2.74. The molecule has 0 atom stereocenters. The summed E-state index contributed by atoms with van der Waals surface area (Å²) in [6.07, 6.45) is 1.55. The molecule has 0 spiro atoms. The number of benzene rings is 2. The molecule has 3 aromatic rings. The second kappa shape index (κ2) is 9.01. The van der Waals surface area contributed by atoms with Crippen LogP contribution < -0.4 is 10.6 Å². The zero-order chi connectivity index (χ0) is 19.9. The monoisotopic (exact) mass is 395 g/mol. The molecular weight excluding hydrogens is 378 g/mol. The van der Waals surface area contributed by atoms with Gasteiger partial charge < -0.3 is 15.4 Å². The fourth-order valence-corrected chi connectivity index (χ4v) is 2.65. The van der Waals surface area contributed by atoms with Crippen LogP contribution in [-0.4, -0.2) is 23.5 Å². The van der Waals surface area contributed by atoms with Crippen LogP contribution in [0.2, 0.25) is 5.02 Å². The van der Waals surface area contributed by atoms with Gasteiger partial charge in [-0.3, -0.25) is 9.78 Å². The molecule has 0 aliphatic rings. The zero-order valence-electron chi connectivity index (χ0n) is 15.1. The summed E-state index contributed by atoms with van der Waals surface area (Å²) < 4.78 is 4.94. The van der Waals surface area contributed by atoms with Gasteiger partial charge in [0.2, 0.25) is 0 Å². The van der Waals surface area contributed by atoms with Crippen molar-refractivity contribution in [2.24, 2.45) is 0 Å². The number of hydrogen-bond acceptors (Lipinski definition) is 5. The Labute approximate surface area is 167 Å². The highest BCUT2D eigenvalue weighted by Gasteiger charge is 2.10. The van der Waals surface area contributed by atoms with Crippen LogP contribution in [0, 0.1) is 0 Å². The van der Waals surface area contributed by atoms with Crippen LogP contribution in [0.4, 0.5) is 17.1 Å². The molecular formula is C21H18ClN3O3. The van der Waals surface area contributed by atoms with E-state index in [4.69, 9.17) is 16.3 Å². The van der Waals surface area contributed by atoms with Crippen molar-refractivity contribution in [1.82, 2.24) is 4.98 Å². The van der Waals surface area contributed by atoms with Gasteiger partial charge in [-0.05, 0) is 61.5 Å². The Bertz CT molecular complexity index is 990. The molecule has 6 nitrogen and oxygen atoms in total. The van der Waals surface area contributed by atoms with Gasteiger partial charge in [0.15, 0.2) is 0 Å².